The smallest absolute Gasteiger partial charge is 0.0237 e. The summed E-state index contributed by atoms with van der Waals surface area (Å²) < 4.78 is 0. The van der Waals surface area contributed by atoms with Gasteiger partial charge in [0.05, 0.1) is 0 Å². The maximum absolute atomic E-state index is 2.80. The summed E-state index contributed by atoms with van der Waals surface area (Å²) in [4.78, 5) is 5.60. The van der Waals surface area contributed by atoms with Crippen LogP contribution >= 0.6 is 0 Å². The predicted octanol–water partition coefficient (Wildman–Crippen LogP) is 5.48. The molecule has 1 aromatic rings. The van der Waals surface area contributed by atoms with E-state index in [0.717, 1.165) is 18.6 Å². The third kappa shape index (κ3) is 5.82. The highest BCUT2D eigenvalue weighted by molar-refractivity contribution is 5.15. The summed E-state index contributed by atoms with van der Waals surface area (Å²) in [5.74, 6) is 0. The van der Waals surface area contributed by atoms with E-state index in [2.05, 4.69) is 47.1 Å². The van der Waals surface area contributed by atoms with Crippen LogP contribution < -0.4 is 0 Å². The van der Waals surface area contributed by atoms with Crippen LogP contribution in [0.3, 0.4) is 0 Å². The molecule has 2 heteroatoms. The van der Waals surface area contributed by atoms with Crippen molar-refractivity contribution in [3.8, 4) is 0 Å². The molecule has 140 valence electrons. The first-order chi connectivity index (χ1) is 12.4. The molecule has 1 aromatic carbocycles. The average Bonchev–Trinajstić information content (AvgIpc) is 2.91. The summed E-state index contributed by atoms with van der Waals surface area (Å²) in [6.07, 6.45) is 14.1. The summed E-state index contributed by atoms with van der Waals surface area (Å²) in [5, 5.41) is 0. The second kappa shape index (κ2) is 10.3. The molecule has 0 spiro atoms. The zero-order valence-electron chi connectivity index (χ0n) is 16.3. The molecule has 0 amide bonds. The van der Waals surface area contributed by atoms with Gasteiger partial charge in [-0.25, -0.2) is 0 Å². The Morgan fingerprint density at radius 2 is 1.56 bits per heavy atom. The largest absolute Gasteiger partial charge is 0.299 e. The van der Waals surface area contributed by atoms with Crippen molar-refractivity contribution < 1.29 is 0 Å². The zero-order chi connectivity index (χ0) is 17.3. The highest BCUT2D eigenvalue weighted by Crippen LogP contribution is 2.28. The van der Waals surface area contributed by atoms with E-state index in [1.54, 1.807) is 0 Å². The van der Waals surface area contributed by atoms with Crippen molar-refractivity contribution in [3.05, 3.63) is 35.9 Å². The molecule has 3 saturated heterocycles. The van der Waals surface area contributed by atoms with Gasteiger partial charge in [-0.3, -0.25) is 9.80 Å². The molecular weight excluding hydrogens is 304 g/mol. The van der Waals surface area contributed by atoms with Crippen molar-refractivity contribution in [2.45, 2.75) is 89.8 Å². The standard InChI is InChI=1S/C23H38N2/c1-2-3-4-5-6-7-11-14-23-20-25(19-21-12-9-8-10-13-21)22-15-17-24(23)18-16-22/h8-10,12-13,22-23H,2-7,11,14-20H2,1H3. The first-order valence-corrected chi connectivity index (χ1v) is 10.9. The quantitative estimate of drug-likeness (QED) is 0.520. The minimum Gasteiger partial charge on any atom is -0.299 e. The maximum Gasteiger partial charge on any atom is 0.0237 e. The highest BCUT2D eigenvalue weighted by Gasteiger charge is 2.34. The van der Waals surface area contributed by atoms with E-state index in [1.165, 1.54) is 89.4 Å². The van der Waals surface area contributed by atoms with E-state index >= 15 is 0 Å². The van der Waals surface area contributed by atoms with Gasteiger partial charge in [-0.1, -0.05) is 82.2 Å². The Labute approximate surface area is 155 Å². The third-order valence-electron chi connectivity index (χ3n) is 6.35. The fourth-order valence-electron chi connectivity index (χ4n) is 4.77. The van der Waals surface area contributed by atoms with Crippen LogP contribution in [0.4, 0.5) is 0 Å². The lowest BCUT2D eigenvalue weighted by Crippen LogP contribution is -2.39. The molecule has 0 aliphatic carbocycles. The van der Waals surface area contributed by atoms with Crippen LogP contribution in [-0.2, 0) is 6.54 Å². The number of rotatable bonds is 10. The van der Waals surface area contributed by atoms with Crippen molar-refractivity contribution in [1.29, 1.82) is 0 Å². The minimum atomic E-state index is 0.798. The Morgan fingerprint density at radius 1 is 0.880 bits per heavy atom. The molecule has 0 saturated carbocycles. The lowest BCUT2D eigenvalue weighted by molar-refractivity contribution is 0.172. The Morgan fingerprint density at radius 3 is 2.28 bits per heavy atom. The molecule has 3 aliphatic rings. The van der Waals surface area contributed by atoms with Crippen LogP contribution in [0.5, 0.6) is 0 Å². The van der Waals surface area contributed by atoms with Gasteiger partial charge in [0.2, 0.25) is 0 Å². The van der Waals surface area contributed by atoms with Crippen molar-refractivity contribution in [1.82, 2.24) is 9.80 Å². The predicted molar refractivity (Wildman–Crippen MR) is 108 cm³/mol. The Balaban J connectivity index is 1.46. The molecule has 0 aromatic heterocycles. The van der Waals surface area contributed by atoms with Gasteiger partial charge in [-0.2, -0.15) is 0 Å². The van der Waals surface area contributed by atoms with Crippen molar-refractivity contribution in [2.75, 3.05) is 19.6 Å². The number of nitrogens with zero attached hydrogens (tertiary/aromatic N) is 2. The molecule has 3 aliphatic heterocycles. The first kappa shape index (κ1) is 18.9. The van der Waals surface area contributed by atoms with Crippen LogP contribution in [0.1, 0.15) is 76.7 Å². The fourth-order valence-corrected chi connectivity index (χ4v) is 4.77. The van der Waals surface area contributed by atoms with Crippen LogP contribution in [0, 0.1) is 0 Å². The van der Waals surface area contributed by atoms with Crippen LogP contribution in [-0.4, -0.2) is 41.5 Å². The van der Waals surface area contributed by atoms with Gasteiger partial charge >= 0.3 is 0 Å². The minimum absolute atomic E-state index is 0.798. The number of unbranched alkanes of at least 4 members (excludes halogenated alkanes) is 6. The second-order valence-electron chi connectivity index (χ2n) is 8.25. The van der Waals surface area contributed by atoms with Gasteiger partial charge in [0, 0.05) is 25.2 Å². The summed E-state index contributed by atoms with van der Waals surface area (Å²) in [7, 11) is 0. The molecule has 2 nitrogen and oxygen atoms in total. The van der Waals surface area contributed by atoms with Gasteiger partial charge < -0.3 is 0 Å². The van der Waals surface area contributed by atoms with E-state index < -0.39 is 0 Å². The van der Waals surface area contributed by atoms with Gasteiger partial charge in [-0.15, -0.1) is 0 Å². The van der Waals surface area contributed by atoms with Crippen LogP contribution in [0.15, 0.2) is 30.3 Å². The molecule has 2 bridgehead atoms. The molecule has 25 heavy (non-hydrogen) atoms. The van der Waals surface area contributed by atoms with E-state index in [1.807, 2.05) is 0 Å². The summed E-state index contributed by atoms with van der Waals surface area (Å²) in [6.45, 7) is 7.40. The van der Waals surface area contributed by atoms with Gasteiger partial charge in [-0.05, 0) is 37.9 Å². The van der Waals surface area contributed by atoms with Crippen molar-refractivity contribution in [2.24, 2.45) is 0 Å². The molecular formula is C23H38N2. The summed E-state index contributed by atoms with van der Waals surface area (Å²) >= 11 is 0. The molecule has 1 atom stereocenters. The van der Waals surface area contributed by atoms with Gasteiger partial charge in [0.1, 0.15) is 0 Å². The lowest BCUT2D eigenvalue weighted by Gasteiger charge is -2.32. The average molecular weight is 343 g/mol. The molecule has 3 heterocycles. The van der Waals surface area contributed by atoms with Gasteiger partial charge in [0.25, 0.3) is 0 Å². The van der Waals surface area contributed by atoms with E-state index in [4.69, 9.17) is 0 Å². The Hall–Kier alpha value is -0.860. The number of hydrogen-bond donors (Lipinski definition) is 0. The molecule has 0 radical (unpaired) electrons. The number of fused-ring (bicyclic) bond motifs is 4. The lowest BCUT2D eigenvalue weighted by atomic mass is 10.0. The molecule has 3 fully saturated rings. The molecule has 1 unspecified atom stereocenters. The normalized spacial score (nSPS) is 26.7. The fraction of sp³-hybridized carbons (Fsp3) is 0.739. The summed E-state index contributed by atoms with van der Waals surface area (Å²) in [5.41, 5.74) is 1.48. The zero-order valence-corrected chi connectivity index (χ0v) is 16.3. The number of benzene rings is 1. The maximum atomic E-state index is 2.80. The van der Waals surface area contributed by atoms with E-state index in [9.17, 15) is 0 Å². The first-order valence-electron chi connectivity index (χ1n) is 10.9. The number of hydrogen-bond acceptors (Lipinski definition) is 2. The van der Waals surface area contributed by atoms with Crippen LogP contribution in [0.25, 0.3) is 0 Å². The van der Waals surface area contributed by atoms with Crippen LogP contribution in [0.2, 0.25) is 0 Å². The van der Waals surface area contributed by atoms with E-state index in [-0.39, 0.29) is 0 Å². The highest BCUT2D eigenvalue weighted by atomic mass is 15.3. The molecule has 4 rings (SSSR count). The molecule has 0 N–H and O–H groups in total. The SMILES string of the molecule is CCCCCCCCCC1CN(Cc2ccccc2)C2CCN1CC2. The van der Waals surface area contributed by atoms with E-state index in [0.29, 0.717) is 0 Å². The second-order valence-corrected chi connectivity index (χ2v) is 8.25. The summed E-state index contributed by atoms with van der Waals surface area (Å²) in [6, 6.07) is 12.7. The van der Waals surface area contributed by atoms with Crippen molar-refractivity contribution >= 4 is 0 Å². The van der Waals surface area contributed by atoms with Crippen molar-refractivity contribution in [3.63, 3.8) is 0 Å². The third-order valence-corrected chi connectivity index (χ3v) is 6.35. The van der Waals surface area contributed by atoms with Gasteiger partial charge in [0.15, 0.2) is 0 Å². The topological polar surface area (TPSA) is 6.48 Å². The number of piperidine rings is 1. The Bertz CT molecular complexity index is 464. The monoisotopic (exact) mass is 342 g/mol. The Kier molecular flexibility index (Phi) is 7.81.